The van der Waals surface area contributed by atoms with Crippen LogP contribution >= 0.6 is 11.3 Å². The third kappa shape index (κ3) is 7.45. The summed E-state index contributed by atoms with van der Waals surface area (Å²) in [5.74, 6) is -1.34. The molecule has 5 atom stereocenters. The number of aryl methyl sites for hydroxylation is 1. The molecule has 0 saturated carbocycles. The van der Waals surface area contributed by atoms with Crippen molar-refractivity contribution < 1.29 is 19.8 Å². The maximum Gasteiger partial charge on any atom is 0.223 e. The number of hydrogen-bond donors (Lipinski definition) is 3. The fourth-order valence-corrected chi connectivity index (χ4v) is 4.77. The molecule has 3 N–H and O–H groups in total. The largest absolute Gasteiger partial charge is 0.392 e. The van der Waals surface area contributed by atoms with E-state index in [2.05, 4.69) is 16.4 Å². The number of aliphatic hydroxyl groups excluding tert-OH is 2. The Morgan fingerprint density at radius 2 is 1.88 bits per heavy atom. The van der Waals surface area contributed by atoms with Crippen molar-refractivity contribution >= 4 is 29.1 Å². The van der Waals surface area contributed by atoms with Gasteiger partial charge in [0.25, 0.3) is 0 Å². The highest BCUT2D eigenvalue weighted by Gasteiger charge is 2.42. The van der Waals surface area contributed by atoms with Gasteiger partial charge >= 0.3 is 0 Å². The lowest BCUT2D eigenvalue weighted by atomic mass is 9.73. The molecule has 0 aliphatic carbocycles. The van der Waals surface area contributed by atoms with Gasteiger partial charge in [0.05, 0.1) is 40.8 Å². The van der Waals surface area contributed by atoms with Crippen LogP contribution in [0.15, 0.2) is 34.8 Å². The van der Waals surface area contributed by atoms with Crippen LogP contribution in [-0.4, -0.2) is 45.1 Å². The highest BCUT2D eigenvalue weighted by Crippen LogP contribution is 2.31. The van der Waals surface area contributed by atoms with Crippen molar-refractivity contribution in [1.82, 2.24) is 10.3 Å². The van der Waals surface area contributed by atoms with Crippen molar-refractivity contribution in [2.45, 2.75) is 86.0 Å². The molecule has 1 aromatic heterocycles. The molecule has 0 fully saturated rings. The Balaban J connectivity index is 2.38. The molecule has 1 aromatic rings. The van der Waals surface area contributed by atoms with Crippen LogP contribution in [0.2, 0.25) is 0 Å². The van der Waals surface area contributed by atoms with Crippen molar-refractivity contribution in [3.8, 4) is 0 Å². The maximum atomic E-state index is 13.2. The predicted molar refractivity (Wildman–Crippen MR) is 138 cm³/mol. The molecule has 7 heteroatoms. The highest BCUT2D eigenvalue weighted by molar-refractivity contribution is 7.09. The van der Waals surface area contributed by atoms with Crippen LogP contribution in [-0.2, 0) is 9.59 Å². The van der Waals surface area contributed by atoms with Crippen LogP contribution < -0.4 is 5.32 Å². The summed E-state index contributed by atoms with van der Waals surface area (Å²) in [6.45, 7) is 12.8. The number of carbonyl (C=O) groups is 2. The van der Waals surface area contributed by atoms with E-state index in [1.807, 2.05) is 51.3 Å². The van der Waals surface area contributed by atoms with Crippen LogP contribution in [0.1, 0.15) is 71.5 Å². The van der Waals surface area contributed by atoms with Gasteiger partial charge in [0.1, 0.15) is 5.78 Å². The number of rotatable bonds is 2. The van der Waals surface area contributed by atoms with Crippen molar-refractivity contribution in [3.05, 3.63) is 45.5 Å². The number of carbonyl (C=O) groups excluding carboxylic acids is 2. The summed E-state index contributed by atoms with van der Waals surface area (Å²) in [5, 5.41) is 27.6. The Hall–Kier alpha value is -2.09. The van der Waals surface area contributed by atoms with Gasteiger partial charge in [-0.1, -0.05) is 51.5 Å². The third-order valence-electron chi connectivity index (χ3n) is 6.82. The molecule has 0 unspecified atom stereocenters. The standard InChI is InChI=1S/C27H40N2O4S/c1-16-9-8-10-17(2)25(32)19(4)26(33)27(6,7)23(30)14-24(31)29-22(12-11-16)18(3)13-21-15-34-20(5)28-21/h8-9,11,13,15,17,19,22-23,25,30,32H,10,12,14H2,1-7H3,(H,29,31)/t17-,19+,22-,23-,25-/m0/s1. The van der Waals surface area contributed by atoms with Crippen LogP contribution in [0.4, 0.5) is 0 Å². The number of nitrogens with zero attached hydrogens (tertiary/aromatic N) is 1. The normalized spacial score (nSPS) is 30.1. The van der Waals surface area contributed by atoms with E-state index in [1.54, 1.807) is 32.1 Å². The Kier molecular flexibility index (Phi) is 9.97. The van der Waals surface area contributed by atoms with Gasteiger partial charge in [-0.3, -0.25) is 9.59 Å². The van der Waals surface area contributed by atoms with Crippen LogP contribution in [0, 0.1) is 24.2 Å². The molecular weight excluding hydrogens is 448 g/mol. The summed E-state index contributed by atoms with van der Waals surface area (Å²) in [5.41, 5.74) is 1.70. The van der Waals surface area contributed by atoms with E-state index in [-0.39, 0.29) is 30.1 Å². The monoisotopic (exact) mass is 488 g/mol. The molecule has 34 heavy (non-hydrogen) atoms. The Labute approximate surface area is 207 Å². The summed E-state index contributed by atoms with van der Waals surface area (Å²) < 4.78 is 0. The minimum atomic E-state index is -1.17. The Bertz CT molecular complexity index is 960. The quantitative estimate of drug-likeness (QED) is 0.564. The predicted octanol–water partition coefficient (Wildman–Crippen LogP) is 4.62. The zero-order valence-electron chi connectivity index (χ0n) is 21.5. The molecule has 1 aliphatic heterocycles. The van der Waals surface area contributed by atoms with E-state index in [0.717, 1.165) is 21.8 Å². The van der Waals surface area contributed by atoms with Gasteiger partial charge in [-0.15, -0.1) is 11.3 Å². The summed E-state index contributed by atoms with van der Waals surface area (Å²) >= 11 is 1.57. The van der Waals surface area contributed by atoms with E-state index in [9.17, 15) is 19.8 Å². The first-order valence-corrected chi connectivity index (χ1v) is 12.8. The minimum Gasteiger partial charge on any atom is -0.392 e. The molecule has 1 aliphatic rings. The Morgan fingerprint density at radius 3 is 2.50 bits per heavy atom. The van der Waals surface area contributed by atoms with Crippen molar-refractivity contribution in [2.75, 3.05) is 0 Å². The highest BCUT2D eigenvalue weighted by atomic mass is 32.1. The molecule has 0 saturated heterocycles. The molecule has 6 nitrogen and oxygen atoms in total. The van der Waals surface area contributed by atoms with E-state index in [1.165, 1.54) is 0 Å². The third-order valence-corrected chi connectivity index (χ3v) is 7.61. The summed E-state index contributed by atoms with van der Waals surface area (Å²) in [6.07, 6.45) is 7.09. The lowest BCUT2D eigenvalue weighted by Crippen LogP contribution is -2.47. The topological polar surface area (TPSA) is 99.5 Å². The van der Waals surface area contributed by atoms with Gasteiger partial charge < -0.3 is 15.5 Å². The number of aromatic nitrogens is 1. The van der Waals surface area contributed by atoms with E-state index in [4.69, 9.17) is 0 Å². The number of aliphatic hydroxyl groups is 2. The second kappa shape index (κ2) is 12.0. The average molecular weight is 489 g/mol. The van der Waals surface area contributed by atoms with E-state index >= 15 is 0 Å². The number of allylic oxidation sites excluding steroid dienone is 3. The number of ketones is 1. The lowest BCUT2D eigenvalue weighted by Gasteiger charge is -2.34. The molecule has 0 radical (unpaired) electrons. The fourth-order valence-electron chi connectivity index (χ4n) is 4.20. The maximum absolute atomic E-state index is 13.2. The first-order chi connectivity index (χ1) is 15.8. The number of thiazole rings is 1. The smallest absolute Gasteiger partial charge is 0.223 e. The van der Waals surface area contributed by atoms with Crippen molar-refractivity contribution in [1.29, 1.82) is 0 Å². The average Bonchev–Trinajstić information content (AvgIpc) is 3.18. The first-order valence-electron chi connectivity index (χ1n) is 12.0. The molecule has 2 heterocycles. The van der Waals surface area contributed by atoms with Crippen molar-refractivity contribution in [3.63, 3.8) is 0 Å². The second-order valence-corrected chi connectivity index (χ2v) is 11.2. The lowest BCUT2D eigenvalue weighted by molar-refractivity contribution is -0.143. The first kappa shape index (κ1) is 28.1. The number of Topliss-reactive ketones (excluding diaryl/α,β-unsaturated/α-hetero) is 1. The SMILES string of the molecule is CC1=CC[C@@H](C(C)=Cc2csc(C)n2)NC(=O)C[C@H](O)C(C)(C)C(=O)[C@H](C)[C@@H](O)[C@@H](C)CC=C1. The summed E-state index contributed by atoms with van der Waals surface area (Å²) in [7, 11) is 0. The molecular formula is C27H40N2O4S. The van der Waals surface area contributed by atoms with Gasteiger partial charge in [0.2, 0.25) is 5.91 Å². The van der Waals surface area contributed by atoms with E-state index in [0.29, 0.717) is 12.8 Å². The number of amides is 1. The van der Waals surface area contributed by atoms with Gasteiger partial charge in [0.15, 0.2) is 0 Å². The van der Waals surface area contributed by atoms with Gasteiger partial charge in [-0.2, -0.15) is 0 Å². The zero-order valence-corrected chi connectivity index (χ0v) is 22.3. The van der Waals surface area contributed by atoms with Crippen LogP contribution in [0.25, 0.3) is 6.08 Å². The van der Waals surface area contributed by atoms with Crippen LogP contribution in [0.3, 0.4) is 0 Å². The number of hydrogen-bond acceptors (Lipinski definition) is 6. The minimum absolute atomic E-state index is 0.119. The Morgan fingerprint density at radius 1 is 1.21 bits per heavy atom. The van der Waals surface area contributed by atoms with Gasteiger partial charge in [-0.05, 0) is 51.2 Å². The summed E-state index contributed by atoms with van der Waals surface area (Å²) in [4.78, 5) is 30.6. The zero-order chi connectivity index (χ0) is 25.6. The fraction of sp³-hybridized carbons (Fsp3) is 0.593. The van der Waals surface area contributed by atoms with Crippen LogP contribution in [0.5, 0.6) is 0 Å². The molecule has 0 spiro atoms. The molecule has 0 aromatic carbocycles. The molecule has 0 bridgehead atoms. The molecule has 2 rings (SSSR count). The van der Waals surface area contributed by atoms with E-state index < -0.39 is 23.5 Å². The molecule has 188 valence electrons. The second-order valence-electron chi connectivity index (χ2n) is 10.2. The van der Waals surface area contributed by atoms with Gasteiger partial charge in [-0.25, -0.2) is 4.98 Å². The summed E-state index contributed by atoms with van der Waals surface area (Å²) in [6, 6.07) is -0.267. The van der Waals surface area contributed by atoms with Crippen molar-refractivity contribution in [2.24, 2.45) is 17.3 Å². The van der Waals surface area contributed by atoms with Gasteiger partial charge in [0, 0.05) is 11.3 Å². The molecule has 1 amide bonds. The number of nitrogens with one attached hydrogen (secondary N) is 1.